The number of nitrogens with one attached hydrogen (secondary N) is 1. The Morgan fingerprint density at radius 3 is 2.63 bits per heavy atom. The van der Waals surface area contributed by atoms with Gasteiger partial charge in [-0.05, 0) is 5.56 Å². The zero-order valence-corrected chi connectivity index (χ0v) is 10.3. The summed E-state index contributed by atoms with van der Waals surface area (Å²) >= 11 is 0. The summed E-state index contributed by atoms with van der Waals surface area (Å²) in [7, 11) is 0. The van der Waals surface area contributed by atoms with E-state index in [0.29, 0.717) is 0 Å². The highest BCUT2D eigenvalue weighted by atomic mass is 16.5. The second-order valence-corrected chi connectivity index (χ2v) is 3.91. The number of carbonyl (C=O) groups excluding carboxylic acids is 1. The molecule has 1 aromatic carbocycles. The fourth-order valence-electron chi connectivity index (χ4n) is 1.46. The monoisotopic (exact) mass is 261 g/mol. The van der Waals surface area contributed by atoms with Crippen LogP contribution in [-0.2, 0) is 16.1 Å². The van der Waals surface area contributed by atoms with Crippen LogP contribution in [0.3, 0.4) is 0 Å². The number of rotatable bonds is 6. The molecule has 0 fully saturated rings. The number of alkyl carbamates (subject to hydrolysis) is 1. The Kier molecular flexibility index (Phi) is 5.96. The van der Waals surface area contributed by atoms with Crippen molar-refractivity contribution < 1.29 is 19.4 Å². The summed E-state index contributed by atoms with van der Waals surface area (Å²) in [4.78, 5) is 22.1. The van der Waals surface area contributed by atoms with Gasteiger partial charge >= 0.3 is 12.1 Å². The van der Waals surface area contributed by atoms with Crippen LogP contribution < -0.4 is 5.32 Å². The maximum absolute atomic E-state index is 11.5. The molecule has 0 aliphatic rings. The van der Waals surface area contributed by atoms with Gasteiger partial charge in [-0.3, -0.25) is 4.79 Å². The van der Waals surface area contributed by atoms with Gasteiger partial charge in [0.25, 0.3) is 0 Å². The lowest BCUT2D eigenvalue weighted by molar-refractivity contribution is -0.137. The number of terminal acetylenes is 1. The third-order valence-corrected chi connectivity index (χ3v) is 2.32. The van der Waals surface area contributed by atoms with E-state index in [1.54, 1.807) is 0 Å². The van der Waals surface area contributed by atoms with Crippen LogP contribution in [0.25, 0.3) is 0 Å². The molecule has 0 saturated carbocycles. The smallest absolute Gasteiger partial charge is 0.407 e. The molecule has 1 unspecified atom stereocenters. The van der Waals surface area contributed by atoms with Crippen molar-refractivity contribution in [1.82, 2.24) is 5.32 Å². The van der Waals surface area contributed by atoms with Crippen LogP contribution in [0, 0.1) is 12.3 Å². The van der Waals surface area contributed by atoms with Crippen molar-refractivity contribution in [3.63, 3.8) is 0 Å². The Morgan fingerprint density at radius 1 is 1.37 bits per heavy atom. The highest BCUT2D eigenvalue weighted by Crippen LogP contribution is 2.02. The van der Waals surface area contributed by atoms with Crippen LogP contribution in [0.15, 0.2) is 30.3 Å². The molecule has 2 N–H and O–H groups in total. The highest BCUT2D eigenvalue weighted by Gasteiger charge is 2.15. The average Bonchev–Trinajstić information content (AvgIpc) is 2.37. The topological polar surface area (TPSA) is 75.6 Å². The van der Waals surface area contributed by atoms with E-state index in [2.05, 4.69) is 11.2 Å². The van der Waals surface area contributed by atoms with Gasteiger partial charge in [0.15, 0.2) is 0 Å². The number of carbonyl (C=O) groups is 2. The van der Waals surface area contributed by atoms with Gasteiger partial charge in [-0.15, -0.1) is 12.3 Å². The lowest BCUT2D eigenvalue weighted by atomic mass is 10.1. The van der Waals surface area contributed by atoms with Gasteiger partial charge in [-0.1, -0.05) is 30.3 Å². The summed E-state index contributed by atoms with van der Waals surface area (Å²) in [5.41, 5.74) is 0.851. The largest absolute Gasteiger partial charge is 0.481 e. The fourth-order valence-corrected chi connectivity index (χ4v) is 1.46. The Balaban J connectivity index is 2.40. The van der Waals surface area contributed by atoms with Crippen molar-refractivity contribution >= 4 is 12.1 Å². The first-order valence-corrected chi connectivity index (χ1v) is 5.74. The third-order valence-electron chi connectivity index (χ3n) is 2.32. The number of benzene rings is 1. The van der Waals surface area contributed by atoms with E-state index in [0.717, 1.165) is 5.56 Å². The van der Waals surface area contributed by atoms with Gasteiger partial charge in [0.05, 0.1) is 12.5 Å². The first kappa shape index (κ1) is 14.6. The van der Waals surface area contributed by atoms with E-state index in [1.165, 1.54) is 0 Å². The van der Waals surface area contributed by atoms with Crippen LogP contribution in [0.1, 0.15) is 18.4 Å². The van der Waals surface area contributed by atoms with E-state index in [-0.39, 0.29) is 19.4 Å². The summed E-state index contributed by atoms with van der Waals surface area (Å²) in [6.07, 6.45) is 4.35. The average molecular weight is 261 g/mol. The second-order valence-electron chi connectivity index (χ2n) is 3.91. The standard InChI is InChI=1S/C14H15NO4/c1-2-6-12(9-13(16)17)15-14(18)19-10-11-7-4-3-5-8-11/h1,3-5,7-8,12H,6,9-10H2,(H,15,18)(H,16,17). The van der Waals surface area contributed by atoms with Crippen molar-refractivity contribution in [2.24, 2.45) is 0 Å². The summed E-state index contributed by atoms with van der Waals surface area (Å²) < 4.78 is 4.97. The SMILES string of the molecule is C#CCC(CC(=O)O)NC(=O)OCc1ccccc1. The van der Waals surface area contributed by atoms with E-state index in [4.69, 9.17) is 16.3 Å². The molecule has 19 heavy (non-hydrogen) atoms. The quantitative estimate of drug-likeness (QED) is 0.765. The molecule has 0 bridgehead atoms. The molecular formula is C14H15NO4. The normalized spacial score (nSPS) is 11.1. The molecule has 1 rings (SSSR count). The van der Waals surface area contributed by atoms with Crippen molar-refractivity contribution in [1.29, 1.82) is 0 Å². The number of aliphatic carboxylic acids is 1. The molecule has 1 amide bonds. The number of hydrogen-bond donors (Lipinski definition) is 2. The summed E-state index contributed by atoms with van der Waals surface area (Å²) in [5.74, 6) is 1.29. The molecule has 100 valence electrons. The summed E-state index contributed by atoms with van der Waals surface area (Å²) in [6.45, 7) is 0.127. The molecule has 1 atom stereocenters. The Morgan fingerprint density at radius 2 is 2.05 bits per heavy atom. The van der Waals surface area contributed by atoms with Crippen molar-refractivity contribution in [2.75, 3.05) is 0 Å². The summed E-state index contributed by atoms with van der Waals surface area (Å²) in [5, 5.41) is 11.1. The number of hydrogen-bond acceptors (Lipinski definition) is 3. The van der Waals surface area contributed by atoms with Gasteiger partial charge in [-0.2, -0.15) is 0 Å². The van der Waals surface area contributed by atoms with Gasteiger partial charge in [0.2, 0.25) is 0 Å². The van der Waals surface area contributed by atoms with Gasteiger partial charge in [0.1, 0.15) is 6.61 Å². The van der Waals surface area contributed by atoms with Crippen LogP contribution in [0.4, 0.5) is 4.79 Å². The molecule has 0 radical (unpaired) electrons. The van der Waals surface area contributed by atoms with Gasteiger partial charge < -0.3 is 15.2 Å². The minimum absolute atomic E-state index is 0.127. The second kappa shape index (κ2) is 7.77. The highest BCUT2D eigenvalue weighted by molar-refractivity contribution is 5.71. The van der Waals surface area contributed by atoms with E-state index < -0.39 is 18.1 Å². The van der Waals surface area contributed by atoms with Gasteiger partial charge in [-0.25, -0.2) is 4.79 Å². The van der Waals surface area contributed by atoms with E-state index in [9.17, 15) is 9.59 Å². The maximum atomic E-state index is 11.5. The molecule has 0 heterocycles. The maximum Gasteiger partial charge on any atom is 0.407 e. The number of amides is 1. The minimum Gasteiger partial charge on any atom is -0.481 e. The van der Waals surface area contributed by atoms with Crippen molar-refractivity contribution in [3.8, 4) is 12.3 Å². The van der Waals surface area contributed by atoms with Crippen LogP contribution >= 0.6 is 0 Å². The third kappa shape index (κ3) is 6.13. The molecule has 0 aromatic heterocycles. The van der Waals surface area contributed by atoms with Crippen molar-refractivity contribution in [3.05, 3.63) is 35.9 Å². The van der Waals surface area contributed by atoms with E-state index in [1.807, 2.05) is 30.3 Å². The molecule has 0 spiro atoms. The van der Waals surface area contributed by atoms with Crippen LogP contribution in [0.2, 0.25) is 0 Å². The zero-order valence-electron chi connectivity index (χ0n) is 10.3. The molecule has 0 saturated heterocycles. The fraction of sp³-hybridized carbons (Fsp3) is 0.286. The lowest BCUT2D eigenvalue weighted by Crippen LogP contribution is -2.36. The Hall–Kier alpha value is -2.48. The molecule has 0 aliphatic heterocycles. The van der Waals surface area contributed by atoms with Crippen LogP contribution in [-0.4, -0.2) is 23.2 Å². The first-order chi connectivity index (χ1) is 9.11. The number of carboxylic acids is 1. The Bertz CT molecular complexity index is 464. The number of ether oxygens (including phenoxy) is 1. The van der Waals surface area contributed by atoms with Crippen LogP contribution in [0.5, 0.6) is 0 Å². The zero-order chi connectivity index (χ0) is 14.1. The summed E-state index contributed by atoms with van der Waals surface area (Å²) in [6, 6.07) is 8.56. The molecule has 0 aliphatic carbocycles. The predicted molar refractivity (Wildman–Crippen MR) is 69.3 cm³/mol. The predicted octanol–water partition coefficient (Wildman–Crippen LogP) is 1.78. The molecule has 5 nitrogen and oxygen atoms in total. The van der Waals surface area contributed by atoms with Gasteiger partial charge in [0, 0.05) is 6.42 Å². The Labute approximate surface area is 111 Å². The molecular weight excluding hydrogens is 246 g/mol. The number of carboxylic acid groups (broad SMARTS) is 1. The van der Waals surface area contributed by atoms with E-state index >= 15 is 0 Å². The first-order valence-electron chi connectivity index (χ1n) is 5.74. The molecule has 1 aromatic rings. The molecule has 5 heteroatoms. The minimum atomic E-state index is -1.02. The lowest BCUT2D eigenvalue weighted by Gasteiger charge is -2.14. The van der Waals surface area contributed by atoms with Crippen molar-refractivity contribution in [2.45, 2.75) is 25.5 Å².